The van der Waals surface area contributed by atoms with Gasteiger partial charge in [0.2, 0.25) is 0 Å². The van der Waals surface area contributed by atoms with Gasteiger partial charge in [-0.15, -0.1) is 0 Å². The van der Waals surface area contributed by atoms with Crippen molar-refractivity contribution in [1.29, 1.82) is 10.5 Å². The average Bonchev–Trinajstić information content (AvgIpc) is 2.53. The molecule has 0 aliphatic heterocycles. The number of hydrogen-bond acceptors (Lipinski definition) is 4. The zero-order chi connectivity index (χ0) is 14.9. The van der Waals surface area contributed by atoms with Gasteiger partial charge in [0.05, 0.1) is 0 Å². The molecule has 0 N–H and O–H groups in total. The van der Waals surface area contributed by atoms with E-state index in [1.165, 1.54) is 57.8 Å². The molecule has 4 atom stereocenters. The summed E-state index contributed by atoms with van der Waals surface area (Å²) in [6.45, 7) is 1.18. The van der Waals surface area contributed by atoms with Crippen LogP contribution in [0.5, 0.6) is 0 Å². The van der Waals surface area contributed by atoms with E-state index in [0.29, 0.717) is 36.9 Å². The van der Waals surface area contributed by atoms with Crippen molar-refractivity contribution in [2.45, 2.75) is 57.8 Å². The molecular weight excluding hydrogens is 264 g/mol. The van der Waals surface area contributed by atoms with Gasteiger partial charge in [0, 0.05) is 0 Å². The van der Waals surface area contributed by atoms with Gasteiger partial charge in [-0.25, -0.2) is 0 Å². The van der Waals surface area contributed by atoms with Crippen LogP contribution >= 0.6 is 0 Å². The van der Waals surface area contributed by atoms with E-state index in [0.717, 1.165) is 0 Å². The molecule has 2 saturated carbocycles. The predicted molar refractivity (Wildman–Crippen MR) is 78.6 cm³/mol. The lowest BCUT2D eigenvalue weighted by Crippen LogP contribution is -2.30. The molecule has 0 spiro atoms. The molecule has 2 fully saturated rings. The van der Waals surface area contributed by atoms with Crippen molar-refractivity contribution in [3.8, 4) is 12.5 Å². The van der Waals surface area contributed by atoms with E-state index in [1.54, 1.807) is 0 Å². The Bertz CT molecular complexity index is 349. The zero-order valence-corrected chi connectivity index (χ0v) is 12.8. The Balaban J connectivity index is 1.89. The molecule has 0 saturated heterocycles. The van der Waals surface area contributed by atoms with E-state index < -0.39 is 0 Å². The second-order valence-corrected chi connectivity index (χ2v) is 6.65. The Morgan fingerprint density at radius 1 is 0.667 bits per heavy atom. The molecule has 4 nitrogen and oxygen atoms in total. The fraction of sp³-hybridized carbons (Fsp3) is 0.882. The molecule has 2 aliphatic rings. The Morgan fingerprint density at radius 3 is 1.43 bits per heavy atom. The number of rotatable bonds is 6. The minimum Gasteiger partial charge on any atom is -0.427 e. The van der Waals surface area contributed by atoms with E-state index in [9.17, 15) is 0 Å². The molecule has 2 aliphatic carbocycles. The summed E-state index contributed by atoms with van der Waals surface area (Å²) in [6, 6.07) is 0. The molecule has 0 amide bonds. The topological polar surface area (TPSA) is 66.0 Å². The van der Waals surface area contributed by atoms with Gasteiger partial charge in [0.25, 0.3) is 12.5 Å². The molecule has 0 aromatic carbocycles. The fourth-order valence-corrected chi connectivity index (χ4v) is 4.31. The lowest BCUT2D eigenvalue weighted by Gasteiger charge is -2.37. The van der Waals surface area contributed by atoms with Crippen molar-refractivity contribution in [2.24, 2.45) is 23.7 Å². The van der Waals surface area contributed by atoms with E-state index in [2.05, 4.69) is 0 Å². The minimum absolute atomic E-state index is 0.540. The van der Waals surface area contributed by atoms with Crippen LogP contribution in [0.25, 0.3) is 0 Å². The second-order valence-electron chi connectivity index (χ2n) is 6.65. The van der Waals surface area contributed by atoms with Gasteiger partial charge in [0.15, 0.2) is 0 Å². The first-order chi connectivity index (χ1) is 10.3. The summed E-state index contributed by atoms with van der Waals surface area (Å²) in [5, 5.41) is 17.2. The summed E-state index contributed by atoms with van der Waals surface area (Å²) in [5.41, 5.74) is 0. The van der Waals surface area contributed by atoms with Crippen LogP contribution in [0.3, 0.4) is 0 Å². The maximum absolute atomic E-state index is 8.62. The highest BCUT2D eigenvalue weighted by atomic mass is 16.5. The lowest BCUT2D eigenvalue weighted by molar-refractivity contribution is 0.0708. The summed E-state index contributed by atoms with van der Waals surface area (Å²) < 4.78 is 10.0. The van der Waals surface area contributed by atoms with Crippen LogP contribution in [0.2, 0.25) is 0 Å². The van der Waals surface area contributed by atoms with E-state index >= 15 is 0 Å². The summed E-state index contributed by atoms with van der Waals surface area (Å²) in [7, 11) is 0. The number of nitrogens with zero attached hydrogens (tertiary/aromatic N) is 2. The first-order valence-corrected chi connectivity index (χ1v) is 8.37. The standard InChI is InChI=1S/C17H26N2O2/c18-12-20-10-16-7-3-1-5-14(16)9-15-6-2-4-8-17(15)11-21-13-19/h14-17H,1-11H2. The van der Waals surface area contributed by atoms with Crippen LogP contribution in [-0.2, 0) is 9.47 Å². The van der Waals surface area contributed by atoms with Crippen molar-refractivity contribution in [1.82, 2.24) is 0 Å². The van der Waals surface area contributed by atoms with Gasteiger partial charge >= 0.3 is 0 Å². The largest absolute Gasteiger partial charge is 0.427 e. The Kier molecular flexibility index (Phi) is 6.67. The maximum atomic E-state index is 8.62. The molecule has 21 heavy (non-hydrogen) atoms. The minimum atomic E-state index is 0.540. The Labute approximate surface area is 128 Å². The first kappa shape index (κ1) is 16.0. The van der Waals surface area contributed by atoms with Gasteiger partial charge in [-0.2, -0.15) is 10.5 Å². The van der Waals surface area contributed by atoms with Gasteiger partial charge in [-0.1, -0.05) is 38.5 Å². The number of hydrogen-bond donors (Lipinski definition) is 0. The zero-order valence-electron chi connectivity index (χ0n) is 12.8. The SMILES string of the molecule is N#COCC1CCCCC1CC1CCCCC1COC#N. The molecular formula is C17H26N2O2. The molecule has 0 radical (unpaired) electrons. The molecule has 0 heterocycles. The van der Waals surface area contributed by atoms with E-state index in [4.69, 9.17) is 20.0 Å². The third kappa shape index (κ3) is 4.81. The summed E-state index contributed by atoms with van der Waals surface area (Å²) in [5.74, 6) is 2.44. The average molecular weight is 290 g/mol. The molecule has 0 bridgehead atoms. The number of ether oxygens (including phenoxy) is 2. The van der Waals surface area contributed by atoms with Gasteiger partial charge in [-0.3, -0.25) is 0 Å². The monoisotopic (exact) mass is 290 g/mol. The van der Waals surface area contributed by atoms with Crippen LogP contribution in [0.15, 0.2) is 0 Å². The smallest absolute Gasteiger partial charge is 0.286 e. The highest BCUT2D eigenvalue weighted by Gasteiger charge is 2.32. The van der Waals surface area contributed by atoms with Crippen molar-refractivity contribution < 1.29 is 9.47 Å². The van der Waals surface area contributed by atoms with E-state index in [-0.39, 0.29) is 0 Å². The summed E-state index contributed by atoms with van der Waals surface area (Å²) >= 11 is 0. The van der Waals surface area contributed by atoms with Crippen molar-refractivity contribution in [3.63, 3.8) is 0 Å². The van der Waals surface area contributed by atoms with Gasteiger partial charge in [0.1, 0.15) is 13.2 Å². The van der Waals surface area contributed by atoms with Crippen LogP contribution in [0.4, 0.5) is 0 Å². The van der Waals surface area contributed by atoms with Crippen LogP contribution in [0.1, 0.15) is 57.8 Å². The fourth-order valence-electron chi connectivity index (χ4n) is 4.31. The van der Waals surface area contributed by atoms with Crippen LogP contribution in [-0.4, -0.2) is 13.2 Å². The molecule has 2 rings (SSSR count). The van der Waals surface area contributed by atoms with Gasteiger partial charge in [-0.05, 0) is 42.9 Å². The normalized spacial score (nSPS) is 32.7. The number of nitriles is 2. The van der Waals surface area contributed by atoms with Crippen molar-refractivity contribution in [3.05, 3.63) is 0 Å². The van der Waals surface area contributed by atoms with Crippen molar-refractivity contribution in [2.75, 3.05) is 13.2 Å². The Morgan fingerprint density at radius 2 is 1.05 bits per heavy atom. The molecule has 4 unspecified atom stereocenters. The Hall–Kier alpha value is -1.42. The maximum Gasteiger partial charge on any atom is 0.286 e. The van der Waals surface area contributed by atoms with Crippen molar-refractivity contribution >= 4 is 0 Å². The lowest BCUT2D eigenvalue weighted by atomic mass is 9.69. The quantitative estimate of drug-likeness (QED) is 0.694. The molecule has 0 aromatic heterocycles. The summed E-state index contributed by atoms with van der Waals surface area (Å²) in [4.78, 5) is 0. The molecule has 4 heteroatoms. The van der Waals surface area contributed by atoms with E-state index in [1.807, 2.05) is 12.5 Å². The first-order valence-electron chi connectivity index (χ1n) is 8.37. The predicted octanol–water partition coefficient (Wildman–Crippen LogP) is 3.98. The third-order valence-corrected chi connectivity index (χ3v) is 5.46. The van der Waals surface area contributed by atoms with Crippen LogP contribution < -0.4 is 0 Å². The molecule has 0 aromatic rings. The van der Waals surface area contributed by atoms with Gasteiger partial charge < -0.3 is 9.47 Å². The molecule has 116 valence electrons. The summed E-state index contributed by atoms with van der Waals surface area (Å²) in [6.07, 6.45) is 14.9. The van der Waals surface area contributed by atoms with Crippen LogP contribution in [0, 0.1) is 46.7 Å². The highest BCUT2D eigenvalue weighted by Crippen LogP contribution is 2.40. The highest BCUT2D eigenvalue weighted by molar-refractivity contribution is 4.83. The third-order valence-electron chi connectivity index (χ3n) is 5.46. The second kappa shape index (κ2) is 8.78.